The summed E-state index contributed by atoms with van der Waals surface area (Å²) in [7, 11) is 0. The average Bonchev–Trinajstić information content (AvgIpc) is 2.98. The lowest BCUT2D eigenvalue weighted by Gasteiger charge is -1.99. The molecule has 0 atom stereocenters. The Morgan fingerprint density at radius 2 is 1.81 bits per heavy atom. The van der Waals surface area contributed by atoms with Gasteiger partial charge in [0.25, 0.3) is 0 Å². The Labute approximate surface area is 135 Å². The summed E-state index contributed by atoms with van der Waals surface area (Å²) in [5.41, 5.74) is 2.04. The van der Waals surface area contributed by atoms with Crippen LogP contribution in [-0.4, -0.2) is 20.2 Å². The van der Waals surface area contributed by atoms with E-state index < -0.39 is 0 Å². The van der Waals surface area contributed by atoms with Gasteiger partial charge in [0.1, 0.15) is 0 Å². The van der Waals surface area contributed by atoms with Crippen molar-refractivity contribution in [2.75, 3.05) is 0 Å². The molecule has 0 radical (unpaired) electrons. The molecule has 1 aromatic carbocycles. The third-order valence-corrected chi connectivity index (χ3v) is 4.46. The summed E-state index contributed by atoms with van der Waals surface area (Å²) in [6, 6.07) is 9.31. The summed E-state index contributed by atoms with van der Waals surface area (Å²) in [5.74, 6) is 1.48. The van der Waals surface area contributed by atoms with Crippen LogP contribution in [0.4, 0.5) is 0 Å². The highest BCUT2D eigenvalue weighted by molar-refractivity contribution is 7.98. The zero-order valence-corrected chi connectivity index (χ0v) is 13.1. The third-order valence-electron chi connectivity index (χ3n) is 2.78. The van der Waals surface area contributed by atoms with E-state index in [4.69, 9.17) is 23.2 Å². The second-order valence-corrected chi connectivity index (χ2v) is 6.03. The van der Waals surface area contributed by atoms with Crippen molar-refractivity contribution < 1.29 is 0 Å². The van der Waals surface area contributed by atoms with Crippen molar-refractivity contribution in [3.63, 3.8) is 0 Å². The molecule has 106 valence electrons. The number of hydrogen-bond donors (Lipinski definition) is 1. The second kappa shape index (κ2) is 6.47. The normalized spacial score (nSPS) is 10.8. The summed E-state index contributed by atoms with van der Waals surface area (Å²) in [5, 5.41) is 10.0. The minimum atomic E-state index is 0.497. The molecule has 4 nitrogen and oxygen atoms in total. The van der Waals surface area contributed by atoms with Gasteiger partial charge in [0.15, 0.2) is 11.0 Å². The number of pyridine rings is 1. The van der Waals surface area contributed by atoms with Gasteiger partial charge in [0.2, 0.25) is 0 Å². The summed E-state index contributed by atoms with van der Waals surface area (Å²) in [4.78, 5) is 7.16. The molecule has 3 aromatic rings. The number of halogens is 2. The molecule has 0 bridgehead atoms. The zero-order chi connectivity index (χ0) is 14.7. The number of benzene rings is 1. The number of nitrogens with one attached hydrogen (secondary N) is 1. The van der Waals surface area contributed by atoms with Crippen LogP contribution in [0, 0.1) is 0 Å². The van der Waals surface area contributed by atoms with E-state index in [1.54, 1.807) is 36.3 Å². The number of hydrogen-bond acceptors (Lipinski definition) is 4. The van der Waals surface area contributed by atoms with Gasteiger partial charge >= 0.3 is 0 Å². The summed E-state index contributed by atoms with van der Waals surface area (Å²) in [6.45, 7) is 0. The molecule has 0 unspecified atom stereocenters. The molecule has 0 saturated carbocycles. The van der Waals surface area contributed by atoms with Crippen LogP contribution in [0.5, 0.6) is 0 Å². The van der Waals surface area contributed by atoms with Gasteiger partial charge in [-0.3, -0.25) is 4.98 Å². The van der Waals surface area contributed by atoms with Crippen LogP contribution in [-0.2, 0) is 5.75 Å². The molecule has 2 heterocycles. The first-order valence-electron chi connectivity index (χ1n) is 6.12. The molecule has 0 fully saturated rings. The Bertz CT molecular complexity index is 746. The van der Waals surface area contributed by atoms with Gasteiger partial charge in [-0.25, -0.2) is 0 Å². The van der Waals surface area contributed by atoms with Crippen molar-refractivity contribution in [1.29, 1.82) is 0 Å². The highest BCUT2D eigenvalue weighted by Crippen LogP contribution is 2.28. The number of aromatic amines is 1. The first-order chi connectivity index (χ1) is 10.2. The molecule has 0 saturated heterocycles. The molecular formula is C14H10Cl2N4S. The smallest absolute Gasteiger partial charge is 0.189 e. The number of aromatic nitrogens is 4. The van der Waals surface area contributed by atoms with Gasteiger partial charge in [0.05, 0.1) is 10.0 Å². The predicted molar refractivity (Wildman–Crippen MR) is 85.6 cm³/mol. The largest absolute Gasteiger partial charge is 0.316 e. The topological polar surface area (TPSA) is 54.5 Å². The monoisotopic (exact) mass is 336 g/mol. The van der Waals surface area contributed by atoms with Crippen molar-refractivity contribution >= 4 is 35.0 Å². The molecule has 1 N–H and O–H groups in total. The molecular weight excluding hydrogens is 327 g/mol. The van der Waals surface area contributed by atoms with Crippen molar-refractivity contribution in [1.82, 2.24) is 20.2 Å². The quantitative estimate of drug-likeness (QED) is 0.714. The van der Waals surface area contributed by atoms with Gasteiger partial charge in [0, 0.05) is 23.7 Å². The third kappa shape index (κ3) is 3.56. The van der Waals surface area contributed by atoms with Crippen LogP contribution >= 0.6 is 35.0 Å². The molecule has 0 amide bonds. The standard InChI is InChI=1S/C14H10Cl2N4S/c15-11-2-1-10(7-12(11)16)13-18-14(20-19-13)21-8-9-3-5-17-6-4-9/h1-7H,8H2,(H,18,19,20). The van der Waals surface area contributed by atoms with E-state index in [1.807, 2.05) is 18.2 Å². The number of nitrogens with zero attached hydrogens (tertiary/aromatic N) is 3. The van der Waals surface area contributed by atoms with E-state index in [1.165, 1.54) is 5.56 Å². The van der Waals surface area contributed by atoms with Crippen molar-refractivity contribution in [2.45, 2.75) is 10.9 Å². The number of thioether (sulfide) groups is 1. The first-order valence-corrected chi connectivity index (χ1v) is 7.86. The van der Waals surface area contributed by atoms with E-state index in [-0.39, 0.29) is 0 Å². The van der Waals surface area contributed by atoms with Gasteiger partial charge in [-0.2, -0.15) is 0 Å². The lowest BCUT2D eigenvalue weighted by atomic mass is 10.2. The van der Waals surface area contributed by atoms with E-state index >= 15 is 0 Å². The van der Waals surface area contributed by atoms with Crippen LogP contribution in [0.1, 0.15) is 5.56 Å². The van der Waals surface area contributed by atoms with Gasteiger partial charge in [-0.15, -0.1) is 10.2 Å². The maximum atomic E-state index is 6.01. The zero-order valence-electron chi connectivity index (χ0n) is 10.8. The summed E-state index contributed by atoms with van der Waals surface area (Å²) in [6.07, 6.45) is 3.55. The Morgan fingerprint density at radius 1 is 1.00 bits per heavy atom. The molecule has 7 heteroatoms. The maximum Gasteiger partial charge on any atom is 0.189 e. The lowest BCUT2D eigenvalue weighted by Crippen LogP contribution is -1.83. The fourth-order valence-electron chi connectivity index (χ4n) is 1.72. The van der Waals surface area contributed by atoms with E-state index in [2.05, 4.69) is 20.2 Å². The minimum Gasteiger partial charge on any atom is -0.316 e. The minimum absolute atomic E-state index is 0.497. The predicted octanol–water partition coefficient (Wildman–Crippen LogP) is 4.47. The van der Waals surface area contributed by atoms with Crippen molar-refractivity contribution in [3.8, 4) is 11.4 Å². The molecule has 0 aliphatic carbocycles. The van der Waals surface area contributed by atoms with Crippen LogP contribution < -0.4 is 0 Å². The fourth-order valence-corrected chi connectivity index (χ4v) is 2.78. The second-order valence-electron chi connectivity index (χ2n) is 4.25. The molecule has 0 aliphatic rings. The molecule has 21 heavy (non-hydrogen) atoms. The van der Waals surface area contributed by atoms with Crippen molar-refractivity contribution in [3.05, 3.63) is 58.3 Å². The van der Waals surface area contributed by atoms with Crippen LogP contribution in [0.15, 0.2) is 47.9 Å². The fraction of sp³-hybridized carbons (Fsp3) is 0.0714. The molecule has 0 aliphatic heterocycles. The molecule has 3 rings (SSSR count). The van der Waals surface area contributed by atoms with Crippen LogP contribution in [0.3, 0.4) is 0 Å². The summed E-state index contributed by atoms with van der Waals surface area (Å²) >= 11 is 13.5. The number of H-pyrrole nitrogens is 1. The Morgan fingerprint density at radius 3 is 2.57 bits per heavy atom. The lowest BCUT2D eigenvalue weighted by molar-refractivity contribution is 0.973. The Hall–Kier alpha value is -1.56. The van der Waals surface area contributed by atoms with Crippen LogP contribution in [0.2, 0.25) is 10.0 Å². The van der Waals surface area contributed by atoms with E-state index in [0.717, 1.165) is 16.5 Å². The Kier molecular flexibility index (Phi) is 4.43. The molecule has 2 aromatic heterocycles. The maximum absolute atomic E-state index is 6.01. The first kappa shape index (κ1) is 14.4. The highest BCUT2D eigenvalue weighted by atomic mass is 35.5. The average molecular weight is 337 g/mol. The Balaban J connectivity index is 1.72. The van der Waals surface area contributed by atoms with Crippen LogP contribution in [0.25, 0.3) is 11.4 Å². The number of rotatable bonds is 4. The van der Waals surface area contributed by atoms with Gasteiger partial charge < -0.3 is 4.98 Å². The van der Waals surface area contributed by atoms with E-state index in [0.29, 0.717) is 15.9 Å². The van der Waals surface area contributed by atoms with Gasteiger partial charge in [-0.1, -0.05) is 35.0 Å². The SMILES string of the molecule is Clc1ccc(-c2nnc(SCc3ccncc3)[nH]2)cc1Cl. The summed E-state index contributed by atoms with van der Waals surface area (Å²) < 4.78 is 0. The van der Waals surface area contributed by atoms with Gasteiger partial charge in [-0.05, 0) is 35.9 Å². The van der Waals surface area contributed by atoms with E-state index in [9.17, 15) is 0 Å². The van der Waals surface area contributed by atoms with Crippen molar-refractivity contribution in [2.24, 2.45) is 0 Å². The highest BCUT2D eigenvalue weighted by Gasteiger charge is 2.08. The molecule has 0 spiro atoms.